The number of hydrogen-bond acceptors (Lipinski definition) is 3. The second kappa shape index (κ2) is 8.04. The van der Waals surface area contributed by atoms with Gasteiger partial charge in [0.2, 0.25) is 0 Å². The predicted molar refractivity (Wildman–Crippen MR) is 126 cm³/mol. The molecule has 0 radical (unpaired) electrons. The van der Waals surface area contributed by atoms with E-state index in [1.54, 1.807) is 12.3 Å². The lowest BCUT2D eigenvalue weighted by Crippen LogP contribution is -2.15. The Morgan fingerprint density at radius 2 is 2.03 bits per heavy atom. The van der Waals surface area contributed by atoms with Crippen molar-refractivity contribution < 1.29 is 4.39 Å². The fourth-order valence-electron chi connectivity index (χ4n) is 4.26. The molecule has 32 heavy (non-hydrogen) atoms. The molecule has 0 aliphatic heterocycles. The van der Waals surface area contributed by atoms with Crippen molar-refractivity contribution in [3.05, 3.63) is 93.8 Å². The first-order valence-corrected chi connectivity index (χ1v) is 10.7. The van der Waals surface area contributed by atoms with Crippen molar-refractivity contribution in [2.75, 3.05) is 0 Å². The average Bonchev–Trinajstić information content (AvgIpc) is 3.06. The summed E-state index contributed by atoms with van der Waals surface area (Å²) >= 11 is 0. The van der Waals surface area contributed by atoms with Crippen LogP contribution in [0.15, 0.2) is 77.0 Å². The summed E-state index contributed by atoms with van der Waals surface area (Å²) in [6, 6.07) is 9.90. The van der Waals surface area contributed by atoms with Crippen LogP contribution in [0.3, 0.4) is 0 Å². The molecule has 1 aromatic carbocycles. The Balaban J connectivity index is 1.56. The van der Waals surface area contributed by atoms with E-state index in [-0.39, 0.29) is 17.3 Å². The molecule has 0 amide bonds. The minimum absolute atomic E-state index is 0.0176. The number of nitrogens with zero attached hydrogens (tertiary/aromatic N) is 2. The van der Waals surface area contributed by atoms with Gasteiger partial charge in [-0.15, -0.1) is 0 Å². The molecule has 1 aliphatic carbocycles. The Morgan fingerprint density at radius 1 is 1.16 bits per heavy atom. The van der Waals surface area contributed by atoms with Gasteiger partial charge in [-0.1, -0.05) is 25.2 Å². The third-order valence-electron chi connectivity index (χ3n) is 5.92. The van der Waals surface area contributed by atoms with E-state index >= 15 is 0 Å². The van der Waals surface area contributed by atoms with Crippen LogP contribution in [0.25, 0.3) is 33.1 Å². The highest BCUT2D eigenvalue weighted by molar-refractivity contribution is 6.01. The van der Waals surface area contributed by atoms with Crippen LogP contribution < -0.4 is 5.56 Å². The van der Waals surface area contributed by atoms with Gasteiger partial charge >= 0.3 is 0 Å². The van der Waals surface area contributed by atoms with Gasteiger partial charge in [0.05, 0.1) is 11.0 Å². The van der Waals surface area contributed by atoms with Gasteiger partial charge in [0.25, 0.3) is 5.56 Å². The number of pyridine rings is 2. The summed E-state index contributed by atoms with van der Waals surface area (Å²) in [6.45, 7) is 3.98. The molecule has 3 aromatic heterocycles. The van der Waals surface area contributed by atoms with E-state index in [1.165, 1.54) is 6.08 Å². The Morgan fingerprint density at radius 3 is 2.88 bits per heavy atom. The van der Waals surface area contributed by atoms with E-state index in [9.17, 15) is 9.18 Å². The molecule has 5 nitrogen and oxygen atoms in total. The third-order valence-corrected chi connectivity index (χ3v) is 5.92. The molecule has 1 atom stereocenters. The minimum Gasteiger partial charge on any atom is -0.322 e. The molecule has 0 spiro atoms. The van der Waals surface area contributed by atoms with Gasteiger partial charge in [-0.2, -0.15) is 5.10 Å². The van der Waals surface area contributed by atoms with Crippen LogP contribution in [0.5, 0.6) is 0 Å². The van der Waals surface area contributed by atoms with Crippen LogP contribution in [0.1, 0.15) is 36.9 Å². The summed E-state index contributed by atoms with van der Waals surface area (Å²) < 4.78 is 13.5. The average molecular weight is 426 g/mol. The number of H-pyrrole nitrogens is 2. The highest BCUT2D eigenvalue weighted by atomic mass is 19.1. The van der Waals surface area contributed by atoms with Crippen LogP contribution in [0.4, 0.5) is 4.39 Å². The second-order valence-corrected chi connectivity index (χ2v) is 8.36. The van der Waals surface area contributed by atoms with E-state index in [0.717, 1.165) is 44.3 Å². The van der Waals surface area contributed by atoms with Gasteiger partial charge in [-0.3, -0.25) is 14.9 Å². The zero-order valence-corrected chi connectivity index (χ0v) is 17.9. The molecule has 4 aromatic rings. The number of halogens is 1. The summed E-state index contributed by atoms with van der Waals surface area (Å²) in [7, 11) is 0. The molecule has 0 fully saturated rings. The number of aromatic nitrogens is 4. The summed E-state index contributed by atoms with van der Waals surface area (Å²) in [6.07, 6.45) is 9.80. The van der Waals surface area contributed by atoms with Crippen LogP contribution in [-0.4, -0.2) is 20.2 Å². The van der Waals surface area contributed by atoms with Crippen molar-refractivity contribution in [3.8, 4) is 11.3 Å². The first-order chi connectivity index (χ1) is 15.5. The third kappa shape index (κ3) is 3.80. The van der Waals surface area contributed by atoms with Crippen molar-refractivity contribution >= 4 is 21.8 Å². The molecule has 0 saturated carbocycles. The smallest absolute Gasteiger partial charge is 0.251 e. The highest BCUT2D eigenvalue weighted by Crippen LogP contribution is 2.31. The highest BCUT2D eigenvalue weighted by Gasteiger charge is 2.15. The quantitative estimate of drug-likeness (QED) is 0.420. The van der Waals surface area contributed by atoms with Crippen LogP contribution in [0, 0.1) is 6.92 Å². The summed E-state index contributed by atoms with van der Waals surface area (Å²) in [5, 5.41) is 9.52. The van der Waals surface area contributed by atoms with E-state index in [2.05, 4.69) is 26.2 Å². The summed E-state index contributed by atoms with van der Waals surface area (Å²) in [4.78, 5) is 20.1. The number of allylic oxidation sites excluding steroid dienone is 6. The molecular weight excluding hydrogens is 403 g/mol. The van der Waals surface area contributed by atoms with Crippen molar-refractivity contribution in [2.45, 2.75) is 32.6 Å². The van der Waals surface area contributed by atoms with Gasteiger partial charge in [0, 0.05) is 34.8 Å². The van der Waals surface area contributed by atoms with Crippen LogP contribution in [0.2, 0.25) is 0 Å². The molecule has 160 valence electrons. The lowest BCUT2D eigenvalue weighted by Gasteiger charge is -2.13. The number of hydrogen-bond donors (Lipinski definition) is 2. The molecule has 3 heterocycles. The van der Waals surface area contributed by atoms with Crippen molar-refractivity contribution in [1.82, 2.24) is 20.2 Å². The van der Waals surface area contributed by atoms with Crippen molar-refractivity contribution in [3.63, 3.8) is 0 Å². The van der Waals surface area contributed by atoms with Gasteiger partial charge in [0.1, 0.15) is 11.5 Å². The number of aromatic amines is 2. The van der Waals surface area contributed by atoms with Crippen molar-refractivity contribution in [1.29, 1.82) is 0 Å². The fraction of sp³-hybridized carbons (Fsp3) is 0.192. The number of nitrogens with one attached hydrogen (secondary N) is 2. The first kappa shape index (κ1) is 20.1. The molecule has 2 N–H and O–H groups in total. The zero-order chi connectivity index (χ0) is 22.2. The lowest BCUT2D eigenvalue weighted by molar-refractivity contribution is 0.618. The Bertz CT molecular complexity index is 1490. The van der Waals surface area contributed by atoms with Gasteiger partial charge < -0.3 is 4.98 Å². The predicted octanol–water partition coefficient (Wildman–Crippen LogP) is 6.01. The molecular formula is C26H23FN4O. The largest absolute Gasteiger partial charge is 0.322 e. The van der Waals surface area contributed by atoms with Crippen LogP contribution in [-0.2, 0) is 0 Å². The molecule has 0 bridgehead atoms. The normalized spacial score (nSPS) is 15.0. The lowest BCUT2D eigenvalue weighted by atomic mass is 9.93. The van der Waals surface area contributed by atoms with E-state index in [1.807, 2.05) is 50.3 Å². The molecule has 1 aliphatic rings. The van der Waals surface area contributed by atoms with E-state index < -0.39 is 0 Å². The number of aryl methyl sites for hydroxylation is 1. The zero-order valence-electron chi connectivity index (χ0n) is 17.9. The Labute approximate surface area is 184 Å². The SMILES string of the molecule is Cc1cc(-c2n[nH]c3cc4[nH]c(=O)c(C(C)CC5=CC=C(F)CC=C5)cc4cc23)ccn1. The molecule has 0 saturated heterocycles. The van der Waals surface area contributed by atoms with Gasteiger partial charge in [-0.05, 0) is 66.6 Å². The summed E-state index contributed by atoms with van der Waals surface area (Å²) in [5.74, 6) is -0.173. The van der Waals surface area contributed by atoms with E-state index in [0.29, 0.717) is 18.4 Å². The maximum Gasteiger partial charge on any atom is 0.251 e. The topological polar surface area (TPSA) is 74.4 Å². The number of fused-ring (bicyclic) bond motifs is 2. The number of rotatable bonds is 4. The maximum atomic E-state index is 13.5. The Hall–Kier alpha value is -3.80. The molecule has 6 heteroatoms. The Kier molecular flexibility index (Phi) is 5.05. The minimum atomic E-state index is -0.156. The monoisotopic (exact) mass is 426 g/mol. The summed E-state index contributed by atoms with van der Waals surface area (Å²) in [5.41, 5.74) is 6.02. The van der Waals surface area contributed by atoms with Crippen molar-refractivity contribution in [2.24, 2.45) is 0 Å². The van der Waals surface area contributed by atoms with Crippen LogP contribution >= 0.6 is 0 Å². The fourth-order valence-corrected chi connectivity index (χ4v) is 4.26. The molecule has 1 unspecified atom stereocenters. The second-order valence-electron chi connectivity index (χ2n) is 8.36. The number of benzene rings is 1. The maximum absolute atomic E-state index is 13.5. The van der Waals surface area contributed by atoms with Gasteiger partial charge in [-0.25, -0.2) is 4.39 Å². The first-order valence-electron chi connectivity index (χ1n) is 10.7. The molecule has 5 rings (SSSR count). The van der Waals surface area contributed by atoms with Gasteiger partial charge in [0.15, 0.2) is 0 Å². The van der Waals surface area contributed by atoms with E-state index in [4.69, 9.17) is 0 Å². The standard InChI is InChI=1S/C26H23FN4O/c1-15(10-17-4-3-5-20(27)7-6-17)21-12-19-13-22-24(14-23(19)29-26(21)32)30-31-25(22)18-8-9-28-16(2)11-18/h3-4,6-9,11-15H,5,10H2,1-2H3,(H,29,32)(H,30,31).